The number of fused-ring (bicyclic) bond motifs is 1. The normalized spacial score (nSPS) is 26.3. The van der Waals surface area contributed by atoms with Crippen LogP contribution < -0.4 is 5.73 Å². The maximum absolute atomic E-state index is 12.9. The number of nitrogens with zero attached hydrogens (tertiary/aromatic N) is 3. The number of aryl methyl sites for hydroxylation is 2. The van der Waals surface area contributed by atoms with Gasteiger partial charge in [-0.2, -0.15) is 4.31 Å². The lowest BCUT2D eigenvalue weighted by Gasteiger charge is -2.37. The Morgan fingerprint density at radius 3 is 2.77 bits per heavy atom. The summed E-state index contributed by atoms with van der Waals surface area (Å²) in [5.74, 6) is 1.20. The van der Waals surface area contributed by atoms with Crippen molar-refractivity contribution in [3.05, 3.63) is 12.0 Å². The molecule has 8 heteroatoms. The molecule has 1 saturated heterocycles. The molecule has 0 bridgehead atoms. The predicted molar refractivity (Wildman–Crippen MR) is 87.5 cm³/mol. The number of nitrogens with two attached hydrogens (primary N) is 1. The molecule has 1 aromatic rings. The predicted octanol–water partition coefficient (Wildman–Crippen LogP) is 1.39. The molecule has 3 rings (SSSR count). The largest absolute Gasteiger partial charge is 0.333 e. The quantitative estimate of drug-likeness (QED) is 0.895. The third kappa shape index (κ3) is 3.04. The van der Waals surface area contributed by atoms with E-state index < -0.39 is 10.0 Å². The number of rotatable bonds is 3. The minimum Gasteiger partial charge on any atom is -0.333 e. The fourth-order valence-corrected chi connectivity index (χ4v) is 5.23. The molecule has 6 nitrogen and oxygen atoms in total. The molecule has 126 valence electrons. The molecule has 0 saturated carbocycles. The second-order valence-corrected chi connectivity index (χ2v) is 8.02. The van der Waals surface area contributed by atoms with Gasteiger partial charge >= 0.3 is 0 Å². The number of piperidine rings is 1. The first kappa shape index (κ1) is 17.7. The minimum absolute atomic E-state index is 0. The van der Waals surface area contributed by atoms with Crippen LogP contribution >= 0.6 is 12.4 Å². The highest BCUT2D eigenvalue weighted by atomic mass is 35.5. The molecule has 22 heavy (non-hydrogen) atoms. The van der Waals surface area contributed by atoms with Crippen molar-refractivity contribution >= 4 is 22.4 Å². The van der Waals surface area contributed by atoms with Crippen LogP contribution in [-0.2, 0) is 23.0 Å². The number of sulfonamides is 1. The van der Waals surface area contributed by atoms with E-state index in [0.29, 0.717) is 19.0 Å². The molecule has 0 amide bonds. The summed E-state index contributed by atoms with van der Waals surface area (Å²) in [6.45, 7) is 3.87. The summed E-state index contributed by atoms with van der Waals surface area (Å²) in [6.07, 6.45) is 6.68. The summed E-state index contributed by atoms with van der Waals surface area (Å²) in [6, 6.07) is -0.109. The lowest BCUT2D eigenvalue weighted by molar-refractivity contribution is 0.192. The van der Waals surface area contributed by atoms with Crippen LogP contribution in [0.2, 0.25) is 0 Å². The average molecular weight is 349 g/mol. The van der Waals surface area contributed by atoms with Crippen molar-refractivity contribution in [1.82, 2.24) is 13.9 Å². The molecule has 2 aliphatic heterocycles. The van der Waals surface area contributed by atoms with Crippen LogP contribution in [0.1, 0.15) is 38.4 Å². The van der Waals surface area contributed by atoms with Crippen molar-refractivity contribution in [2.45, 2.75) is 56.6 Å². The molecule has 2 unspecified atom stereocenters. The van der Waals surface area contributed by atoms with E-state index in [1.807, 2.05) is 4.57 Å². The highest BCUT2D eigenvalue weighted by Gasteiger charge is 2.38. The van der Waals surface area contributed by atoms with Crippen molar-refractivity contribution in [1.29, 1.82) is 0 Å². The maximum atomic E-state index is 12.9. The fourth-order valence-electron chi connectivity index (χ4n) is 3.49. The molecule has 0 aromatic carbocycles. The van der Waals surface area contributed by atoms with E-state index in [4.69, 9.17) is 5.73 Å². The summed E-state index contributed by atoms with van der Waals surface area (Å²) in [5, 5.41) is 0.201. The van der Waals surface area contributed by atoms with Gasteiger partial charge in [0.05, 0.1) is 0 Å². The Labute approximate surface area is 138 Å². The lowest BCUT2D eigenvalue weighted by Crippen LogP contribution is -2.51. The minimum atomic E-state index is -3.53. The average Bonchev–Trinajstić information content (AvgIpc) is 2.91. The van der Waals surface area contributed by atoms with Crippen molar-refractivity contribution < 1.29 is 8.42 Å². The van der Waals surface area contributed by atoms with E-state index in [2.05, 4.69) is 11.9 Å². The van der Waals surface area contributed by atoms with E-state index in [9.17, 15) is 8.42 Å². The molecular weight excluding hydrogens is 324 g/mol. The fraction of sp³-hybridized carbons (Fsp3) is 0.786. The number of imidazole rings is 1. The van der Waals surface area contributed by atoms with Gasteiger partial charge in [0.2, 0.25) is 0 Å². The summed E-state index contributed by atoms with van der Waals surface area (Å²) >= 11 is 0. The molecule has 3 heterocycles. The van der Waals surface area contributed by atoms with Crippen LogP contribution in [0.15, 0.2) is 11.2 Å². The zero-order chi connectivity index (χ0) is 15.0. The zero-order valence-electron chi connectivity index (χ0n) is 12.9. The van der Waals surface area contributed by atoms with Crippen LogP contribution in [-0.4, -0.2) is 41.4 Å². The molecular formula is C14H25ClN4O2S. The van der Waals surface area contributed by atoms with Crippen molar-refractivity contribution in [3.63, 3.8) is 0 Å². The first-order chi connectivity index (χ1) is 10.0. The van der Waals surface area contributed by atoms with Gasteiger partial charge in [0.1, 0.15) is 5.82 Å². The van der Waals surface area contributed by atoms with Gasteiger partial charge in [-0.25, -0.2) is 13.4 Å². The lowest BCUT2D eigenvalue weighted by atomic mass is 9.93. The third-order valence-electron chi connectivity index (χ3n) is 4.77. The Balaban J connectivity index is 0.00000176. The van der Waals surface area contributed by atoms with Gasteiger partial charge in [-0.1, -0.05) is 6.92 Å². The molecule has 1 fully saturated rings. The first-order valence-electron chi connectivity index (χ1n) is 7.82. The summed E-state index contributed by atoms with van der Waals surface area (Å²) in [5.41, 5.74) is 5.82. The Morgan fingerprint density at radius 1 is 1.32 bits per heavy atom. The van der Waals surface area contributed by atoms with Crippen LogP contribution in [0.4, 0.5) is 0 Å². The van der Waals surface area contributed by atoms with E-state index in [-0.39, 0.29) is 23.5 Å². The smallest absolute Gasteiger partial charge is 0.262 e. The van der Waals surface area contributed by atoms with Crippen LogP contribution in [0.5, 0.6) is 0 Å². The molecule has 0 spiro atoms. The van der Waals surface area contributed by atoms with Crippen molar-refractivity contribution in [2.75, 3.05) is 13.1 Å². The van der Waals surface area contributed by atoms with Crippen LogP contribution in [0.3, 0.4) is 0 Å². The Bertz CT molecular complexity index is 593. The molecule has 2 aliphatic rings. The van der Waals surface area contributed by atoms with Crippen LogP contribution in [0.25, 0.3) is 0 Å². The van der Waals surface area contributed by atoms with Crippen molar-refractivity contribution in [2.24, 2.45) is 11.7 Å². The first-order valence-corrected chi connectivity index (χ1v) is 9.26. The number of hydrogen-bond donors (Lipinski definition) is 1. The van der Waals surface area contributed by atoms with Crippen LogP contribution in [0, 0.1) is 5.92 Å². The molecule has 2 atom stereocenters. The van der Waals surface area contributed by atoms with Gasteiger partial charge in [0, 0.05) is 38.3 Å². The Kier molecular flexibility index (Phi) is 5.53. The highest BCUT2D eigenvalue weighted by molar-refractivity contribution is 7.89. The topological polar surface area (TPSA) is 81.2 Å². The van der Waals surface area contributed by atoms with Gasteiger partial charge < -0.3 is 10.3 Å². The number of aromatic nitrogens is 2. The SMILES string of the molecule is CC1CCCN(S(=O)(=O)c2cn3c(n2)CCCC3)C1CN.Cl. The van der Waals surface area contributed by atoms with Crippen molar-refractivity contribution in [3.8, 4) is 0 Å². The summed E-state index contributed by atoms with van der Waals surface area (Å²) in [4.78, 5) is 4.38. The zero-order valence-corrected chi connectivity index (χ0v) is 14.6. The molecule has 1 aromatic heterocycles. The second-order valence-electron chi connectivity index (χ2n) is 6.18. The standard InChI is InChI=1S/C14H24N4O2S.ClH/c1-11-5-4-8-18(12(11)9-15)21(19,20)14-10-17-7-3-2-6-13(17)16-14;/h10-12H,2-9,15H2,1H3;1H. The molecule has 0 aliphatic carbocycles. The van der Waals surface area contributed by atoms with E-state index in [1.54, 1.807) is 10.5 Å². The van der Waals surface area contributed by atoms with Gasteiger partial charge in [0.15, 0.2) is 5.03 Å². The monoisotopic (exact) mass is 348 g/mol. The Morgan fingerprint density at radius 2 is 2.09 bits per heavy atom. The van der Waals surface area contributed by atoms with Gasteiger partial charge in [-0.05, 0) is 31.6 Å². The van der Waals surface area contributed by atoms with E-state index >= 15 is 0 Å². The molecule has 2 N–H and O–H groups in total. The second kappa shape index (κ2) is 6.86. The number of hydrogen-bond acceptors (Lipinski definition) is 4. The summed E-state index contributed by atoms with van der Waals surface area (Å²) < 4.78 is 29.4. The molecule has 0 radical (unpaired) electrons. The number of halogens is 1. The van der Waals surface area contributed by atoms with Gasteiger partial charge in [-0.15, -0.1) is 12.4 Å². The summed E-state index contributed by atoms with van der Waals surface area (Å²) in [7, 11) is -3.53. The maximum Gasteiger partial charge on any atom is 0.262 e. The van der Waals surface area contributed by atoms with E-state index in [1.165, 1.54) is 0 Å². The highest BCUT2D eigenvalue weighted by Crippen LogP contribution is 2.29. The van der Waals surface area contributed by atoms with Gasteiger partial charge in [-0.3, -0.25) is 0 Å². The third-order valence-corrected chi connectivity index (χ3v) is 6.56. The van der Waals surface area contributed by atoms with Gasteiger partial charge in [0.25, 0.3) is 10.0 Å². The Hall–Kier alpha value is -0.630. The van der Waals surface area contributed by atoms with E-state index in [0.717, 1.165) is 44.5 Å².